The maximum absolute atomic E-state index is 13.1. The number of nitrogens with two attached hydrogens (primary N) is 1. The molecule has 1 saturated carbocycles. The van der Waals surface area contributed by atoms with Gasteiger partial charge in [0, 0.05) is 12.5 Å². The predicted octanol–water partition coefficient (Wildman–Crippen LogP) is 2.80. The summed E-state index contributed by atoms with van der Waals surface area (Å²) >= 11 is 0. The molecule has 1 aliphatic rings. The average molecular weight is 191 g/mol. The van der Waals surface area contributed by atoms with Crippen LogP contribution in [0.25, 0.3) is 0 Å². The van der Waals surface area contributed by atoms with Gasteiger partial charge in [0.25, 0.3) is 0 Å². The summed E-state index contributed by atoms with van der Waals surface area (Å²) in [5, 5.41) is 0. The third-order valence-corrected chi connectivity index (χ3v) is 3.12. The summed E-state index contributed by atoms with van der Waals surface area (Å²) in [4.78, 5) is 0. The van der Waals surface area contributed by atoms with E-state index < -0.39 is 11.8 Å². The minimum atomic E-state index is -2.60. The molecule has 0 radical (unpaired) electrons. The fourth-order valence-electron chi connectivity index (χ4n) is 2.35. The van der Waals surface area contributed by atoms with E-state index in [1.807, 2.05) is 0 Å². The van der Waals surface area contributed by atoms with Crippen molar-refractivity contribution in [1.82, 2.24) is 0 Å². The van der Waals surface area contributed by atoms with Crippen LogP contribution in [0.3, 0.4) is 0 Å². The Morgan fingerprint density at radius 3 is 2.23 bits per heavy atom. The molecule has 0 aromatic rings. The van der Waals surface area contributed by atoms with E-state index in [-0.39, 0.29) is 12.5 Å². The Morgan fingerprint density at radius 2 is 1.85 bits per heavy atom. The lowest BCUT2D eigenvalue weighted by atomic mass is 9.77. The topological polar surface area (TPSA) is 26.0 Å². The van der Waals surface area contributed by atoms with Gasteiger partial charge in [0.2, 0.25) is 5.92 Å². The monoisotopic (exact) mass is 191 g/mol. The second kappa shape index (κ2) is 4.36. The Balaban J connectivity index is 2.54. The highest BCUT2D eigenvalue weighted by molar-refractivity contribution is 4.82. The van der Waals surface area contributed by atoms with Crippen LogP contribution in [0.5, 0.6) is 0 Å². The van der Waals surface area contributed by atoms with Crippen molar-refractivity contribution in [3.8, 4) is 0 Å². The van der Waals surface area contributed by atoms with Crippen molar-refractivity contribution in [3.05, 3.63) is 0 Å². The summed E-state index contributed by atoms with van der Waals surface area (Å²) in [7, 11) is 0. The molecular formula is C10H19F2N. The smallest absolute Gasteiger partial charge is 0.249 e. The van der Waals surface area contributed by atoms with Crippen LogP contribution < -0.4 is 5.73 Å². The molecule has 0 heterocycles. The van der Waals surface area contributed by atoms with Crippen molar-refractivity contribution in [2.45, 2.75) is 45.0 Å². The average Bonchev–Trinajstić information content (AvgIpc) is 2.05. The highest BCUT2D eigenvalue weighted by Gasteiger charge is 2.38. The van der Waals surface area contributed by atoms with Gasteiger partial charge in [-0.3, -0.25) is 0 Å². The fourth-order valence-corrected chi connectivity index (χ4v) is 2.35. The van der Waals surface area contributed by atoms with E-state index in [1.54, 1.807) is 0 Å². The first kappa shape index (κ1) is 10.9. The maximum atomic E-state index is 13.1. The SMILES string of the molecule is CC(F)(F)C(CN)C1CCCCC1. The van der Waals surface area contributed by atoms with Gasteiger partial charge in [-0.15, -0.1) is 0 Å². The molecule has 0 aliphatic heterocycles. The van der Waals surface area contributed by atoms with Gasteiger partial charge in [-0.25, -0.2) is 8.78 Å². The lowest BCUT2D eigenvalue weighted by Gasteiger charge is -2.33. The second-order valence-electron chi connectivity index (χ2n) is 4.20. The number of alkyl halides is 2. The third-order valence-electron chi connectivity index (χ3n) is 3.12. The van der Waals surface area contributed by atoms with Gasteiger partial charge in [-0.1, -0.05) is 19.3 Å². The molecule has 1 unspecified atom stereocenters. The Hall–Kier alpha value is -0.180. The van der Waals surface area contributed by atoms with Crippen LogP contribution in [0.15, 0.2) is 0 Å². The number of hydrogen-bond acceptors (Lipinski definition) is 1. The maximum Gasteiger partial charge on any atom is 0.249 e. The van der Waals surface area contributed by atoms with Crippen molar-refractivity contribution < 1.29 is 8.78 Å². The summed E-state index contributed by atoms with van der Waals surface area (Å²) in [6.45, 7) is 1.12. The van der Waals surface area contributed by atoms with Gasteiger partial charge < -0.3 is 5.73 Å². The summed E-state index contributed by atoms with van der Waals surface area (Å²) < 4.78 is 26.2. The minimum absolute atomic E-state index is 0.119. The summed E-state index contributed by atoms with van der Waals surface area (Å²) in [5.41, 5.74) is 5.41. The van der Waals surface area contributed by atoms with Crippen molar-refractivity contribution in [2.75, 3.05) is 6.54 Å². The molecule has 13 heavy (non-hydrogen) atoms. The van der Waals surface area contributed by atoms with E-state index in [9.17, 15) is 8.78 Å². The standard InChI is InChI=1S/C10H19F2N/c1-10(11,12)9(7-13)8-5-3-2-4-6-8/h8-9H,2-7,13H2,1H3. The summed E-state index contributed by atoms with van der Waals surface area (Å²) in [6.07, 6.45) is 5.26. The molecule has 2 N–H and O–H groups in total. The van der Waals surface area contributed by atoms with Crippen molar-refractivity contribution in [2.24, 2.45) is 17.6 Å². The Labute approximate surface area is 78.7 Å². The van der Waals surface area contributed by atoms with Crippen LogP contribution in [-0.2, 0) is 0 Å². The van der Waals surface area contributed by atoms with Crippen LogP contribution in [-0.4, -0.2) is 12.5 Å². The molecular weight excluding hydrogens is 172 g/mol. The number of hydrogen-bond donors (Lipinski definition) is 1. The van der Waals surface area contributed by atoms with Crippen LogP contribution in [0.1, 0.15) is 39.0 Å². The van der Waals surface area contributed by atoms with Gasteiger partial charge in [-0.05, 0) is 25.7 Å². The number of rotatable bonds is 3. The Bertz CT molecular complexity index is 147. The van der Waals surface area contributed by atoms with E-state index in [2.05, 4.69) is 0 Å². The van der Waals surface area contributed by atoms with Crippen LogP contribution in [0.2, 0.25) is 0 Å². The molecule has 0 bridgehead atoms. The molecule has 1 rings (SSSR count). The zero-order chi connectivity index (χ0) is 9.90. The van der Waals surface area contributed by atoms with Crippen LogP contribution >= 0.6 is 0 Å². The molecule has 3 heteroatoms. The molecule has 1 aliphatic carbocycles. The van der Waals surface area contributed by atoms with Crippen molar-refractivity contribution in [3.63, 3.8) is 0 Å². The predicted molar refractivity (Wildman–Crippen MR) is 49.7 cm³/mol. The zero-order valence-corrected chi connectivity index (χ0v) is 8.23. The first-order valence-electron chi connectivity index (χ1n) is 5.13. The van der Waals surface area contributed by atoms with Gasteiger partial charge >= 0.3 is 0 Å². The van der Waals surface area contributed by atoms with Gasteiger partial charge in [-0.2, -0.15) is 0 Å². The van der Waals surface area contributed by atoms with E-state index in [0.717, 1.165) is 32.6 Å². The normalized spacial score (nSPS) is 23.1. The molecule has 0 aromatic carbocycles. The third kappa shape index (κ3) is 2.90. The summed E-state index contributed by atoms with van der Waals surface area (Å²) in [5.74, 6) is -3.05. The molecule has 1 fully saturated rings. The Morgan fingerprint density at radius 1 is 1.31 bits per heavy atom. The molecule has 78 valence electrons. The summed E-state index contributed by atoms with van der Waals surface area (Å²) in [6, 6.07) is 0. The lowest BCUT2D eigenvalue weighted by Crippen LogP contribution is -2.38. The van der Waals surface area contributed by atoms with Crippen LogP contribution in [0.4, 0.5) is 8.78 Å². The highest BCUT2D eigenvalue weighted by atomic mass is 19.3. The largest absolute Gasteiger partial charge is 0.330 e. The molecule has 0 amide bonds. The quantitative estimate of drug-likeness (QED) is 0.729. The first-order valence-corrected chi connectivity index (χ1v) is 5.13. The van der Waals surface area contributed by atoms with Crippen molar-refractivity contribution >= 4 is 0 Å². The molecule has 1 nitrogen and oxygen atoms in total. The minimum Gasteiger partial charge on any atom is -0.330 e. The van der Waals surface area contributed by atoms with Gasteiger partial charge in [0.15, 0.2) is 0 Å². The zero-order valence-electron chi connectivity index (χ0n) is 8.23. The van der Waals surface area contributed by atoms with Crippen LogP contribution in [0, 0.1) is 11.8 Å². The van der Waals surface area contributed by atoms with Gasteiger partial charge in [0.1, 0.15) is 0 Å². The van der Waals surface area contributed by atoms with E-state index in [4.69, 9.17) is 5.73 Å². The van der Waals surface area contributed by atoms with E-state index in [1.165, 1.54) is 6.42 Å². The highest BCUT2D eigenvalue weighted by Crippen LogP contribution is 2.37. The number of halogens is 2. The van der Waals surface area contributed by atoms with Crippen molar-refractivity contribution in [1.29, 1.82) is 0 Å². The molecule has 0 spiro atoms. The van der Waals surface area contributed by atoms with E-state index >= 15 is 0 Å². The van der Waals surface area contributed by atoms with Gasteiger partial charge in [0.05, 0.1) is 0 Å². The molecule has 0 aromatic heterocycles. The lowest BCUT2D eigenvalue weighted by molar-refractivity contribution is -0.0650. The second-order valence-corrected chi connectivity index (χ2v) is 4.20. The first-order chi connectivity index (χ1) is 6.05. The van der Waals surface area contributed by atoms with E-state index in [0.29, 0.717) is 0 Å². The molecule has 1 atom stereocenters. The Kier molecular flexibility index (Phi) is 3.65. The fraction of sp³-hybridized carbons (Fsp3) is 1.00. The molecule has 0 saturated heterocycles.